The Balaban J connectivity index is 1.73. The third-order valence-corrected chi connectivity index (χ3v) is 6.05. The molecule has 8 nitrogen and oxygen atoms in total. The van der Waals surface area contributed by atoms with Crippen molar-refractivity contribution in [1.29, 1.82) is 0 Å². The highest BCUT2D eigenvalue weighted by Gasteiger charge is 2.20. The second-order valence-electron chi connectivity index (χ2n) is 8.24. The molecule has 32 heavy (non-hydrogen) atoms. The van der Waals surface area contributed by atoms with Crippen LogP contribution in [-0.2, 0) is 9.71 Å². The molecule has 1 aliphatic carbocycles. The number of benzene rings is 2. The van der Waals surface area contributed by atoms with Crippen molar-refractivity contribution in [1.82, 2.24) is 9.97 Å². The minimum Gasteiger partial charge on any atom is -0.488 e. The summed E-state index contributed by atoms with van der Waals surface area (Å²) in [6.07, 6.45) is 7.36. The molecule has 0 bridgehead atoms. The summed E-state index contributed by atoms with van der Waals surface area (Å²) < 4.78 is 21.2. The molecule has 0 aliphatic heterocycles. The standard InChI is InChI=1S/C23H27N5O3S/c1-14-10-16(28-32(2,3)30)12-19-21(14)23(26-13-25-19)27-18-9-8-15(22(24)29)11-20(18)31-17-6-4-5-7-17/h8-13,17H,2,4-7H2,1,3H3,(H2,24,29)(H,28,30)(H,25,26,27). The lowest BCUT2D eigenvalue weighted by Gasteiger charge is -2.19. The van der Waals surface area contributed by atoms with E-state index in [1.54, 1.807) is 24.5 Å². The van der Waals surface area contributed by atoms with Gasteiger partial charge in [-0.25, -0.2) is 14.2 Å². The first-order chi connectivity index (χ1) is 15.2. The van der Waals surface area contributed by atoms with Crippen molar-refractivity contribution in [2.75, 3.05) is 16.3 Å². The average Bonchev–Trinajstić information content (AvgIpc) is 3.20. The number of hydrogen-bond acceptors (Lipinski definition) is 6. The minimum absolute atomic E-state index is 0.114. The zero-order valence-corrected chi connectivity index (χ0v) is 19.0. The van der Waals surface area contributed by atoms with Gasteiger partial charge in [0, 0.05) is 32.6 Å². The van der Waals surface area contributed by atoms with E-state index in [2.05, 4.69) is 25.9 Å². The molecule has 2 aromatic carbocycles. The average molecular weight is 454 g/mol. The SMILES string of the molecule is C=S(C)(=O)Nc1cc(C)c2c(Nc3ccc(C(N)=O)cc3OC3CCCC3)ncnc2c1. The van der Waals surface area contributed by atoms with E-state index in [9.17, 15) is 9.00 Å². The minimum atomic E-state index is -2.41. The predicted octanol–water partition coefficient (Wildman–Crippen LogP) is 3.78. The van der Waals surface area contributed by atoms with Crippen LogP contribution in [0.4, 0.5) is 17.2 Å². The molecule has 3 aromatic rings. The summed E-state index contributed by atoms with van der Waals surface area (Å²) in [6.45, 7) is 1.94. The highest BCUT2D eigenvalue weighted by Crippen LogP contribution is 2.35. The number of nitrogens with one attached hydrogen (secondary N) is 2. The van der Waals surface area contributed by atoms with Crippen LogP contribution in [0.5, 0.6) is 5.75 Å². The number of fused-ring (bicyclic) bond motifs is 1. The topological polar surface area (TPSA) is 119 Å². The van der Waals surface area contributed by atoms with E-state index in [4.69, 9.17) is 10.5 Å². The van der Waals surface area contributed by atoms with Crippen molar-refractivity contribution in [2.45, 2.75) is 38.7 Å². The summed E-state index contributed by atoms with van der Waals surface area (Å²) in [6, 6.07) is 8.81. The number of rotatable bonds is 7. The van der Waals surface area contributed by atoms with Crippen LogP contribution in [0.15, 0.2) is 36.7 Å². The Morgan fingerprint density at radius 1 is 1.22 bits per heavy atom. The quantitative estimate of drug-likeness (QED) is 0.469. The van der Waals surface area contributed by atoms with E-state index in [1.165, 1.54) is 6.33 Å². The van der Waals surface area contributed by atoms with Crippen LogP contribution in [-0.4, -0.2) is 38.3 Å². The number of carbonyl (C=O) groups excluding carboxylic acids is 1. The van der Waals surface area contributed by atoms with E-state index in [0.29, 0.717) is 34.0 Å². The molecule has 1 aromatic heterocycles. The zero-order chi connectivity index (χ0) is 22.9. The van der Waals surface area contributed by atoms with Crippen molar-refractivity contribution in [3.8, 4) is 5.75 Å². The van der Waals surface area contributed by atoms with Gasteiger partial charge in [0.15, 0.2) is 0 Å². The molecule has 168 valence electrons. The van der Waals surface area contributed by atoms with Gasteiger partial charge < -0.3 is 20.5 Å². The van der Waals surface area contributed by atoms with Crippen LogP contribution in [0, 0.1) is 6.92 Å². The number of primary amides is 1. The van der Waals surface area contributed by atoms with Crippen molar-refractivity contribution in [3.63, 3.8) is 0 Å². The molecule has 1 saturated carbocycles. The van der Waals surface area contributed by atoms with Gasteiger partial charge in [-0.15, -0.1) is 0 Å². The molecule has 1 amide bonds. The summed E-state index contributed by atoms with van der Waals surface area (Å²) in [7, 11) is -2.41. The van der Waals surface area contributed by atoms with Gasteiger partial charge in [0.25, 0.3) is 0 Å². The zero-order valence-electron chi connectivity index (χ0n) is 18.2. The Labute approximate surface area is 187 Å². The third kappa shape index (κ3) is 4.94. The maximum atomic E-state index is 12.1. The number of nitrogens with two attached hydrogens (primary N) is 1. The van der Waals surface area contributed by atoms with Gasteiger partial charge in [-0.1, -0.05) is 0 Å². The molecule has 1 aliphatic rings. The molecule has 1 heterocycles. The van der Waals surface area contributed by atoms with Crippen LogP contribution in [0.3, 0.4) is 0 Å². The Morgan fingerprint density at radius 3 is 2.66 bits per heavy atom. The fourth-order valence-electron chi connectivity index (χ4n) is 3.98. The molecule has 4 N–H and O–H groups in total. The Bertz CT molecular complexity index is 1280. The van der Waals surface area contributed by atoms with E-state index >= 15 is 0 Å². The first kappa shape index (κ1) is 21.9. The van der Waals surface area contributed by atoms with Crippen molar-refractivity contribution < 1.29 is 13.7 Å². The van der Waals surface area contributed by atoms with Gasteiger partial charge in [0.05, 0.1) is 17.3 Å². The van der Waals surface area contributed by atoms with Crippen LogP contribution in [0.1, 0.15) is 41.6 Å². The molecule has 4 rings (SSSR count). The molecule has 1 unspecified atom stereocenters. The lowest BCUT2D eigenvalue weighted by atomic mass is 10.1. The number of aryl methyl sites for hydroxylation is 1. The largest absolute Gasteiger partial charge is 0.488 e. The van der Waals surface area contributed by atoms with E-state index in [0.717, 1.165) is 36.6 Å². The summed E-state index contributed by atoms with van der Waals surface area (Å²) >= 11 is 0. The molecule has 0 saturated heterocycles. The lowest BCUT2D eigenvalue weighted by Crippen LogP contribution is -2.15. The maximum Gasteiger partial charge on any atom is 0.248 e. The number of ether oxygens (including phenoxy) is 1. The number of aromatic nitrogens is 2. The number of hydrogen-bond donors (Lipinski definition) is 3. The first-order valence-electron chi connectivity index (χ1n) is 10.4. The second kappa shape index (κ2) is 8.66. The summed E-state index contributed by atoms with van der Waals surface area (Å²) in [5.74, 6) is 4.31. The Morgan fingerprint density at radius 2 is 1.97 bits per heavy atom. The van der Waals surface area contributed by atoms with E-state index in [-0.39, 0.29) is 6.10 Å². The number of amides is 1. The van der Waals surface area contributed by atoms with Crippen molar-refractivity contribution in [3.05, 3.63) is 47.8 Å². The van der Waals surface area contributed by atoms with Gasteiger partial charge >= 0.3 is 0 Å². The Hall–Kier alpha value is -3.33. The fraction of sp³-hybridized carbons (Fsp3) is 0.304. The molecule has 0 radical (unpaired) electrons. The lowest BCUT2D eigenvalue weighted by molar-refractivity contribution is 0.0999. The molecular formula is C23H27N5O3S. The molecule has 1 fully saturated rings. The molecule has 0 spiro atoms. The highest BCUT2D eigenvalue weighted by atomic mass is 32.2. The summed E-state index contributed by atoms with van der Waals surface area (Å²) in [5, 5.41) is 4.18. The number of carbonyl (C=O) groups is 1. The monoisotopic (exact) mass is 453 g/mol. The van der Waals surface area contributed by atoms with E-state index < -0.39 is 15.6 Å². The third-order valence-electron chi connectivity index (χ3n) is 5.38. The molecule has 9 heteroatoms. The first-order valence-corrected chi connectivity index (χ1v) is 12.6. The second-order valence-corrected chi connectivity index (χ2v) is 10.5. The molecular weight excluding hydrogens is 426 g/mol. The highest BCUT2D eigenvalue weighted by molar-refractivity contribution is 8.00. The number of anilines is 3. The van der Waals surface area contributed by atoms with Crippen molar-refractivity contribution in [2.24, 2.45) is 5.73 Å². The van der Waals surface area contributed by atoms with Gasteiger partial charge in [0.1, 0.15) is 17.9 Å². The van der Waals surface area contributed by atoms with E-state index in [1.807, 2.05) is 19.1 Å². The van der Waals surface area contributed by atoms with Crippen LogP contribution in [0.2, 0.25) is 0 Å². The Kier molecular flexibility index (Phi) is 5.92. The predicted molar refractivity (Wildman–Crippen MR) is 130 cm³/mol. The smallest absolute Gasteiger partial charge is 0.248 e. The number of nitrogens with zero attached hydrogens (tertiary/aromatic N) is 2. The van der Waals surface area contributed by atoms with Crippen molar-refractivity contribution >= 4 is 49.6 Å². The fourth-order valence-corrected chi connectivity index (χ4v) is 4.60. The summed E-state index contributed by atoms with van der Waals surface area (Å²) in [4.78, 5) is 20.5. The van der Waals surface area contributed by atoms with Gasteiger partial charge in [-0.3, -0.25) is 4.79 Å². The van der Waals surface area contributed by atoms with Crippen LogP contribution in [0.25, 0.3) is 10.9 Å². The van der Waals surface area contributed by atoms with Gasteiger partial charge in [0.2, 0.25) is 5.91 Å². The summed E-state index contributed by atoms with van der Waals surface area (Å²) in [5.41, 5.74) is 8.84. The van der Waals surface area contributed by atoms with Gasteiger partial charge in [-0.2, -0.15) is 0 Å². The van der Waals surface area contributed by atoms with Crippen LogP contribution < -0.4 is 20.5 Å². The maximum absolute atomic E-state index is 12.1. The van der Waals surface area contributed by atoms with Crippen LogP contribution >= 0.6 is 0 Å². The molecule has 1 atom stereocenters. The normalized spacial score (nSPS) is 15.9. The van der Waals surface area contributed by atoms with Gasteiger partial charge in [-0.05, 0) is 74.4 Å².